The Morgan fingerprint density at radius 1 is 1.04 bits per heavy atom. The second kappa shape index (κ2) is 7.01. The highest BCUT2D eigenvalue weighted by Gasteiger charge is 2.35. The summed E-state index contributed by atoms with van der Waals surface area (Å²) in [4.78, 5) is 26.2. The van der Waals surface area contributed by atoms with Crippen LogP contribution in [0.3, 0.4) is 0 Å². The smallest absolute Gasteiger partial charge is 0.229 e. The van der Waals surface area contributed by atoms with Gasteiger partial charge in [0.15, 0.2) is 0 Å². The van der Waals surface area contributed by atoms with Gasteiger partial charge in [-0.05, 0) is 42.5 Å². The summed E-state index contributed by atoms with van der Waals surface area (Å²) < 4.78 is 0. The van der Waals surface area contributed by atoms with Gasteiger partial charge >= 0.3 is 0 Å². The van der Waals surface area contributed by atoms with Crippen LogP contribution in [-0.2, 0) is 9.59 Å². The van der Waals surface area contributed by atoms with Crippen molar-refractivity contribution in [3.63, 3.8) is 0 Å². The van der Waals surface area contributed by atoms with E-state index in [-0.39, 0.29) is 18.2 Å². The molecule has 1 aliphatic rings. The van der Waals surface area contributed by atoms with Crippen molar-refractivity contribution in [1.82, 2.24) is 0 Å². The van der Waals surface area contributed by atoms with Gasteiger partial charge in [0.1, 0.15) is 0 Å². The molecule has 1 saturated heterocycles. The van der Waals surface area contributed by atoms with E-state index in [2.05, 4.69) is 5.32 Å². The Kier molecular flexibility index (Phi) is 4.99. The fourth-order valence-electron chi connectivity index (χ4n) is 2.58. The molecule has 1 atom stereocenters. The first-order valence-corrected chi connectivity index (χ1v) is 8.39. The molecule has 2 amide bonds. The molecule has 1 heterocycles. The third-order valence-corrected chi connectivity index (χ3v) is 4.64. The zero-order valence-electron chi connectivity index (χ0n) is 12.4. The number of carbonyl (C=O) groups is 2. The molecule has 0 spiro atoms. The van der Waals surface area contributed by atoms with Crippen LogP contribution in [0.25, 0.3) is 0 Å². The van der Waals surface area contributed by atoms with Crippen LogP contribution in [0.15, 0.2) is 42.5 Å². The monoisotopic (exact) mass is 382 g/mol. The van der Waals surface area contributed by atoms with E-state index in [1.807, 2.05) is 0 Å². The first-order valence-electron chi connectivity index (χ1n) is 7.26. The third kappa shape index (κ3) is 3.66. The number of benzene rings is 2. The molecule has 0 aromatic heterocycles. The lowest BCUT2D eigenvalue weighted by atomic mass is 10.1. The Morgan fingerprint density at radius 2 is 1.71 bits per heavy atom. The van der Waals surface area contributed by atoms with Crippen molar-refractivity contribution in [3.8, 4) is 0 Å². The van der Waals surface area contributed by atoms with Crippen LogP contribution in [0.4, 0.5) is 11.4 Å². The normalized spacial score (nSPS) is 17.2. The van der Waals surface area contributed by atoms with Crippen LogP contribution in [-0.4, -0.2) is 18.4 Å². The molecule has 4 nitrogen and oxygen atoms in total. The maximum absolute atomic E-state index is 12.4. The zero-order chi connectivity index (χ0) is 17.3. The molecule has 2 aromatic carbocycles. The number of nitrogens with zero attached hydrogens (tertiary/aromatic N) is 1. The second-order valence-electron chi connectivity index (χ2n) is 5.50. The summed E-state index contributed by atoms with van der Waals surface area (Å²) in [6.45, 7) is 0.310. The number of anilines is 2. The molecule has 7 heteroatoms. The predicted octanol–water partition coefficient (Wildman–Crippen LogP) is 4.64. The second-order valence-corrected chi connectivity index (χ2v) is 6.78. The van der Waals surface area contributed by atoms with Crippen LogP contribution in [0, 0.1) is 5.92 Å². The number of amides is 2. The summed E-state index contributed by atoms with van der Waals surface area (Å²) in [5.74, 6) is -0.818. The number of halogens is 3. The summed E-state index contributed by atoms with van der Waals surface area (Å²) in [6.07, 6.45) is 0.145. The lowest BCUT2D eigenvalue weighted by Gasteiger charge is -2.17. The van der Waals surface area contributed by atoms with E-state index in [0.717, 1.165) is 5.69 Å². The highest BCUT2D eigenvalue weighted by Crippen LogP contribution is 2.29. The summed E-state index contributed by atoms with van der Waals surface area (Å²) in [6, 6.07) is 11.8. The van der Waals surface area contributed by atoms with E-state index in [4.69, 9.17) is 34.8 Å². The van der Waals surface area contributed by atoms with Crippen molar-refractivity contribution >= 4 is 58.0 Å². The molecule has 24 heavy (non-hydrogen) atoms. The summed E-state index contributed by atoms with van der Waals surface area (Å²) in [5, 5.41) is 4.20. The lowest BCUT2D eigenvalue weighted by Crippen LogP contribution is -2.28. The van der Waals surface area contributed by atoms with Gasteiger partial charge in [-0.15, -0.1) is 0 Å². The number of carbonyl (C=O) groups excluding carboxylic acids is 2. The van der Waals surface area contributed by atoms with Crippen LogP contribution in [0.2, 0.25) is 15.1 Å². The maximum Gasteiger partial charge on any atom is 0.229 e. The van der Waals surface area contributed by atoms with E-state index in [1.54, 1.807) is 47.4 Å². The molecule has 0 radical (unpaired) electrons. The fourth-order valence-corrected chi connectivity index (χ4v) is 3.04. The zero-order valence-corrected chi connectivity index (χ0v) is 14.7. The van der Waals surface area contributed by atoms with E-state index < -0.39 is 5.92 Å². The van der Waals surface area contributed by atoms with E-state index >= 15 is 0 Å². The van der Waals surface area contributed by atoms with Gasteiger partial charge in [-0.25, -0.2) is 0 Å². The molecular weight excluding hydrogens is 371 g/mol. The number of nitrogens with one attached hydrogen (secondary N) is 1. The molecule has 1 fully saturated rings. The van der Waals surface area contributed by atoms with E-state index in [1.165, 1.54) is 0 Å². The van der Waals surface area contributed by atoms with Crippen molar-refractivity contribution in [2.24, 2.45) is 5.92 Å². The summed E-state index contributed by atoms with van der Waals surface area (Å²) in [7, 11) is 0. The predicted molar refractivity (Wildman–Crippen MR) is 97.0 cm³/mol. The molecule has 0 bridgehead atoms. The van der Waals surface area contributed by atoms with Crippen molar-refractivity contribution in [2.45, 2.75) is 6.42 Å². The summed E-state index contributed by atoms with van der Waals surface area (Å²) >= 11 is 17.8. The Hall–Kier alpha value is -1.75. The Balaban J connectivity index is 1.72. The van der Waals surface area contributed by atoms with E-state index in [9.17, 15) is 9.59 Å². The topological polar surface area (TPSA) is 49.4 Å². The minimum absolute atomic E-state index is 0.102. The first-order chi connectivity index (χ1) is 11.4. The quantitative estimate of drug-likeness (QED) is 0.839. The molecule has 1 aliphatic heterocycles. The molecule has 0 saturated carbocycles. The molecule has 1 N–H and O–H groups in total. The minimum Gasteiger partial charge on any atom is -0.324 e. The molecule has 124 valence electrons. The standard InChI is InChI=1S/C17H13Cl3N2O2/c18-11-1-4-13(5-2-11)22-9-10(7-16(22)23)17(24)21-15-8-12(19)3-6-14(15)20/h1-6,8,10H,7,9H2,(H,21,24)/t10-/m0/s1. The maximum atomic E-state index is 12.4. The van der Waals surface area contributed by atoms with Crippen molar-refractivity contribution in [1.29, 1.82) is 0 Å². The molecule has 0 unspecified atom stereocenters. The van der Waals surface area contributed by atoms with Gasteiger partial charge in [-0.1, -0.05) is 34.8 Å². The van der Waals surface area contributed by atoms with E-state index in [0.29, 0.717) is 27.3 Å². The Bertz CT molecular complexity index is 793. The number of hydrogen-bond donors (Lipinski definition) is 1. The van der Waals surface area contributed by atoms with Crippen molar-refractivity contribution < 1.29 is 9.59 Å². The van der Waals surface area contributed by atoms with Gasteiger partial charge in [-0.3, -0.25) is 9.59 Å². The molecule has 2 aromatic rings. The van der Waals surface area contributed by atoms with Crippen LogP contribution < -0.4 is 10.2 Å². The van der Waals surface area contributed by atoms with Gasteiger partial charge < -0.3 is 10.2 Å². The molecule has 0 aliphatic carbocycles. The van der Waals surface area contributed by atoms with Gasteiger partial charge in [0.05, 0.1) is 16.6 Å². The van der Waals surface area contributed by atoms with Gasteiger partial charge in [0.2, 0.25) is 11.8 Å². The highest BCUT2D eigenvalue weighted by atomic mass is 35.5. The SMILES string of the molecule is O=C(Nc1cc(Cl)ccc1Cl)[C@H]1CC(=O)N(c2ccc(Cl)cc2)C1. The average Bonchev–Trinajstić information content (AvgIpc) is 2.94. The highest BCUT2D eigenvalue weighted by molar-refractivity contribution is 6.35. The Labute approximate surface area is 154 Å². The van der Waals surface area contributed by atoms with Crippen molar-refractivity contribution in [2.75, 3.05) is 16.8 Å². The third-order valence-electron chi connectivity index (χ3n) is 3.82. The minimum atomic E-state index is -0.455. The van der Waals surface area contributed by atoms with Crippen LogP contribution >= 0.6 is 34.8 Å². The molecule has 3 rings (SSSR count). The summed E-state index contributed by atoms with van der Waals surface area (Å²) in [5.41, 5.74) is 1.16. The average molecular weight is 384 g/mol. The first kappa shape index (κ1) is 17.1. The van der Waals surface area contributed by atoms with Gasteiger partial charge in [-0.2, -0.15) is 0 Å². The Morgan fingerprint density at radius 3 is 2.42 bits per heavy atom. The van der Waals surface area contributed by atoms with Crippen molar-refractivity contribution in [3.05, 3.63) is 57.5 Å². The van der Waals surface area contributed by atoms with Gasteiger partial charge in [0.25, 0.3) is 0 Å². The fraction of sp³-hybridized carbons (Fsp3) is 0.176. The largest absolute Gasteiger partial charge is 0.324 e. The number of hydrogen-bond acceptors (Lipinski definition) is 2. The number of rotatable bonds is 3. The lowest BCUT2D eigenvalue weighted by molar-refractivity contribution is -0.122. The van der Waals surface area contributed by atoms with Crippen LogP contribution in [0.1, 0.15) is 6.42 Å². The van der Waals surface area contributed by atoms with Crippen LogP contribution in [0.5, 0.6) is 0 Å². The van der Waals surface area contributed by atoms with Gasteiger partial charge in [0, 0.05) is 28.7 Å². The molecular formula is C17H13Cl3N2O2.